The minimum absolute atomic E-state index is 0.0133. The van der Waals surface area contributed by atoms with Crippen LogP contribution in [-0.2, 0) is 12.0 Å². The topological polar surface area (TPSA) is 104 Å². The van der Waals surface area contributed by atoms with Crippen LogP contribution in [0, 0.1) is 11.6 Å². The lowest BCUT2D eigenvalue weighted by atomic mass is 9.80. The SMILES string of the molecule is [2H]C1([2H])CCC([2H])([C@@]2(c3ccccc3)Cc3c(cc(F)c(Cl)c3-c3c(C(=O)NC)cc4c(c3F)Oc3c(cnn(C5CC(F)(F)C5)c3=O)O4)O2)N1. The smallest absolute Gasteiger partial charge is 0.313 e. The Labute approximate surface area is 280 Å². The maximum Gasteiger partial charge on any atom is 0.313 e. The molecular weight excluding hydrogens is 656 g/mol. The molecule has 8 rings (SSSR count). The molecule has 1 amide bonds. The van der Waals surface area contributed by atoms with Crippen molar-refractivity contribution < 1.29 is 40.7 Å². The van der Waals surface area contributed by atoms with E-state index in [4.69, 9.17) is 28.6 Å². The quantitative estimate of drug-likeness (QED) is 0.200. The van der Waals surface area contributed by atoms with Gasteiger partial charge < -0.3 is 24.8 Å². The van der Waals surface area contributed by atoms with Crippen molar-refractivity contribution in [1.29, 1.82) is 0 Å². The van der Waals surface area contributed by atoms with E-state index in [-0.39, 0.29) is 53.2 Å². The van der Waals surface area contributed by atoms with Gasteiger partial charge in [0.2, 0.25) is 11.5 Å². The molecule has 0 radical (unpaired) electrons. The molecule has 4 heterocycles. The summed E-state index contributed by atoms with van der Waals surface area (Å²) in [5.41, 5.74) is -3.26. The lowest BCUT2D eigenvalue weighted by Gasteiger charge is -2.35. The highest BCUT2D eigenvalue weighted by Gasteiger charge is 2.51. The molecule has 2 atom stereocenters. The third-order valence-electron chi connectivity index (χ3n) is 9.14. The number of ether oxygens (including phenoxy) is 3. The van der Waals surface area contributed by atoms with Gasteiger partial charge >= 0.3 is 5.56 Å². The summed E-state index contributed by atoms with van der Waals surface area (Å²) in [4.78, 5) is 26.7. The Hall–Kier alpha value is -4.62. The van der Waals surface area contributed by atoms with Crippen LogP contribution in [0.3, 0.4) is 0 Å². The van der Waals surface area contributed by atoms with Crippen LogP contribution in [0.15, 0.2) is 53.5 Å². The standard InChI is InChI=1S/C34H27ClF4N4O5/c1-40-31(44)18-10-22-29(47-30-23(46-22)15-42-43(32(30)45)17-12-33(38,39)13-17)28(37)26(18)25-19-14-34(24-8-5-9-41-24,16-6-3-2-4-7-16)48-21(19)11-20(36)27(25)35/h2-4,6-7,10-11,15,17,24,41H,5,8-9,12-14H2,1H3,(H,40,44)/t24?,34-/m0/s1/i9D2,24D. The first-order chi connectivity index (χ1) is 24.1. The number of carbonyl (C=O) groups excluding carboxylic acids is 1. The highest BCUT2D eigenvalue weighted by atomic mass is 35.5. The zero-order valence-corrected chi connectivity index (χ0v) is 25.8. The Morgan fingerprint density at radius 3 is 2.58 bits per heavy atom. The summed E-state index contributed by atoms with van der Waals surface area (Å²) < 4.78 is 105. The number of benzene rings is 3. The second kappa shape index (κ2) is 11.0. The van der Waals surface area contributed by atoms with Gasteiger partial charge in [-0.05, 0) is 31.0 Å². The summed E-state index contributed by atoms with van der Waals surface area (Å²) in [5.74, 6) is -8.01. The van der Waals surface area contributed by atoms with Crippen molar-refractivity contribution in [2.45, 2.75) is 55.7 Å². The molecule has 2 fully saturated rings. The second-order valence-electron chi connectivity index (χ2n) is 12.0. The first kappa shape index (κ1) is 27.3. The van der Waals surface area contributed by atoms with Crippen LogP contribution in [0.1, 0.15) is 57.3 Å². The average molecular weight is 686 g/mol. The van der Waals surface area contributed by atoms with Crippen molar-refractivity contribution in [3.05, 3.63) is 92.4 Å². The van der Waals surface area contributed by atoms with E-state index < -0.39 is 88.1 Å². The first-order valence-electron chi connectivity index (χ1n) is 16.6. The van der Waals surface area contributed by atoms with Crippen LogP contribution in [-0.4, -0.2) is 41.2 Å². The highest BCUT2D eigenvalue weighted by molar-refractivity contribution is 6.34. The van der Waals surface area contributed by atoms with E-state index in [2.05, 4.69) is 15.7 Å². The summed E-state index contributed by atoms with van der Waals surface area (Å²) in [6.45, 7) is -1.94. The molecule has 2 N–H and O–H groups in total. The molecule has 9 nitrogen and oxygen atoms in total. The van der Waals surface area contributed by atoms with E-state index in [1.165, 1.54) is 7.05 Å². The molecule has 3 aliphatic heterocycles. The number of carbonyl (C=O) groups is 1. The van der Waals surface area contributed by atoms with Crippen LogP contribution in [0.5, 0.6) is 28.7 Å². The number of halogens is 5. The number of nitrogens with one attached hydrogen (secondary N) is 2. The van der Waals surface area contributed by atoms with E-state index in [0.29, 0.717) is 5.56 Å². The predicted molar refractivity (Wildman–Crippen MR) is 166 cm³/mol. The maximum absolute atomic E-state index is 17.1. The second-order valence-corrected chi connectivity index (χ2v) is 12.4. The Bertz CT molecular complexity index is 2220. The van der Waals surface area contributed by atoms with Crippen LogP contribution in [0.2, 0.25) is 5.02 Å². The van der Waals surface area contributed by atoms with Gasteiger partial charge in [-0.3, -0.25) is 9.59 Å². The van der Waals surface area contributed by atoms with Gasteiger partial charge in [0.25, 0.3) is 11.8 Å². The van der Waals surface area contributed by atoms with Crippen molar-refractivity contribution in [1.82, 2.24) is 20.4 Å². The molecule has 0 spiro atoms. The zero-order valence-electron chi connectivity index (χ0n) is 28.1. The lowest BCUT2D eigenvalue weighted by molar-refractivity contribution is -0.108. The minimum atomic E-state index is -2.96. The van der Waals surface area contributed by atoms with E-state index in [1.807, 2.05) is 0 Å². The summed E-state index contributed by atoms with van der Waals surface area (Å²) >= 11 is 6.63. The third-order valence-corrected chi connectivity index (χ3v) is 9.51. The Kier molecular flexibility index (Phi) is 6.24. The van der Waals surface area contributed by atoms with Crippen molar-refractivity contribution in [2.75, 3.05) is 13.5 Å². The molecule has 48 heavy (non-hydrogen) atoms. The van der Waals surface area contributed by atoms with Gasteiger partial charge in [0, 0.05) is 51.8 Å². The molecule has 1 aromatic heterocycles. The summed E-state index contributed by atoms with van der Waals surface area (Å²) in [6.07, 6.45) is -0.471. The number of hydrogen-bond acceptors (Lipinski definition) is 7. The third kappa shape index (κ3) is 4.58. The largest absolute Gasteiger partial charge is 0.480 e. The number of nitrogens with zero attached hydrogens (tertiary/aromatic N) is 2. The molecular formula is C34H27ClF4N4O5. The van der Waals surface area contributed by atoms with Crippen molar-refractivity contribution in [3.8, 4) is 39.9 Å². The fourth-order valence-corrected chi connectivity index (χ4v) is 7.06. The molecule has 248 valence electrons. The van der Waals surface area contributed by atoms with Crippen molar-refractivity contribution in [2.24, 2.45) is 0 Å². The molecule has 4 aromatic rings. The maximum atomic E-state index is 17.1. The van der Waals surface area contributed by atoms with Crippen molar-refractivity contribution in [3.63, 3.8) is 0 Å². The molecule has 4 aliphatic rings. The molecule has 1 unspecified atom stereocenters. The number of aromatic nitrogens is 2. The average Bonchev–Trinajstić information content (AvgIpc) is 3.62. The van der Waals surface area contributed by atoms with E-state index in [9.17, 15) is 19.7 Å². The number of amides is 1. The molecule has 1 saturated heterocycles. The summed E-state index contributed by atoms with van der Waals surface area (Å²) in [6, 6.07) is 7.88. The lowest BCUT2D eigenvalue weighted by Crippen LogP contribution is -2.48. The summed E-state index contributed by atoms with van der Waals surface area (Å²) in [5, 5.41) is 8.50. The van der Waals surface area contributed by atoms with Gasteiger partial charge in [-0.25, -0.2) is 22.2 Å². The first-order valence-corrected chi connectivity index (χ1v) is 15.4. The van der Waals surface area contributed by atoms with E-state index >= 15 is 8.78 Å². The van der Waals surface area contributed by atoms with Gasteiger partial charge in [0.1, 0.15) is 11.6 Å². The van der Waals surface area contributed by atoms with E-state index in [0.717, 1.165) is 23.0 Å². The number of hydrogen-bond donors (Lipinski definition) is 2. The van der Waals surface area contributed by atoms with Crippen LogP contribution < -0.4 is 30.4 Å². The van der Waals surface area contributed by atoms with Crippen LogP contribution in [0.25, 0.3) is 11.1 Å². The molecule has 3 aromatic carbocycles. The van der Waals surface area contributed by atoms with Gasteiger partial charge in [0.05, 0.1) is 30.2 Å². The van der Waals surface area contributed by atoms with Gasteiger partial charge in [-0.15, -0.1) is 0 Å². The zero-order chi connectivity index (χ0) is 36.2. The molecule has 1 saturated carbocycles. The van der Waals surface area contributed by atoms with Crippen LogP contribution >= 0.6 is 11.6 Å². The molecule has 14 heteroatoms. The van der Waals surface area contributed by atoms with Crippen LogP contribution in [0.4, 0.5) is 17.6 Å². The summed E-state index contributed by atoms with van der Waals surface area (Å²) in [7, 11) is 1.29. The number of fused-ring (bicyclic) bond motifs is 3. The monoisotopic (exact) mass is 685 g/mol. The highest BCUT2D eigenvalue weighted by Crippen LogP contribution is 2.55. The predicted octanol–water partition coefficient (Wildman–Crippen LogP) is 6.65. The van der Waals surface area contributed by atoms with Gasteiger partial charge in [-0.1, -0.05) is 41.9 Å². The van der Waals surface area contributed by atoms with Gasteiger partial charge in [-0.2, -0.15) is 5.10 Å². The van der Waals surface area contributed by atoms with Crippen molar-refractivity contribution >= 4 is 17.5 Å². The normalized spacial score (nSPS) is 25.5. The Balaban J connectivity index is 1.31. The Morgan fingerprint density at radius 1 is 1.12 bits per heavy atom. The molecule has 1 aliphatic carbocycles. The van der Waals surface area contributed by atoms with E-state index in [1.54, 1.807) is 30.3 Å². The van der Waals surface area contributed by atoms with Gasteiger partial charge in [0.15, 0.2) is 22.9 Å². The molecule has 0 bridgehead atoms. The fourth-order valence-electron chi connectivity index (χ4n) is 6.80. The minimum Gasteiger partial charge on any atom is -0.480 e. The number of rotatable bonds is 5. The Morgan fingerprint density at radius 2 is 1.90 bits per heavy atom. The fraction of sp³-hybridized carbons (Fsp3) is 0.324. The number of alkyl halides is 2.